The van der Waals surface area contributed by atoms with Crippen LogP contribution in [0.5, 0.6) is 0 Å². The summed E-state index contributed by atoms with van der Waals surface area (Å²) in [7, 11) is 0. The molecule has 0 saturated heterocycles. The highest BCUT2D eigenvalue weighted by Gasteiger charge is 2.54. The highest BCUT2D eigenvalue weighted by molar-refractivity contribution is 7.14. The first-order valence-corrected chi connectivity index (χ1v) is 8.77. The van der Waals surface area contributed by atoms with Gasteiger partial charge in [0.1, 0.15) is 15.6 Å². The zero-order valence-corrected chi connectivity index (χ0v) is 14.3. The fourth-order valence-corrected chi connectivity index (χ4v) is 3.31. The highest BCUT2D eigenvalue weighted by Crippen LogP contribution is 2.47. The topological polar surface area (TPSA) is 85.6 Å². The van der Waals surface area contributed by atoms with E-state index in [1.54, 1.807) is 0 Å². The molecule has 1 amide bonds. The zero-order valence-electron chi connectivity index (χ0n) is 13.5. The molecule has 1 fully saturated rings. The summed E-state index contributed by atoms with van der Waals surface area (Å²) in [6.07, 6.45) is -0.591. The minimum absolute atomic E-state index is 0.00437. The summed E-state index contributed by atoms with van der Waals surface area (Å²) < 4.78 is 27.3. The van der Waals surface area contributed by atoms with Crippen molar-refractivity contribution in [2.75, 3.05) is 0 Å². The Labute approximate surface area is 151 Å². The Hall–Kier alpha value is -2.75. The summed E-state index contributed by atoms with van der Waals surface area (Å²) in [6, 6.07) is 9.59. The summed E-state index contributed by atoms with van der Waals surface area (Å²) in [5, 5.41) is 19.6. The van der Waals surface area contributed by atoms with Crippen LogP contribution in [0.4, 0.5) is 8.78 Å². The van der Waals surface area contributed by atoms with Crippen LogP contribution in [0.1, 0.15) is 28.3 Å². The number of hydrogen-bond donors (Lipinski definition) is 1. The van der Waals surface area contributed by atoms with E-state index in [1.807, 2.05) is 30.3 Å². The molecule has 0 atom stereocenters. The molecule has 0 aliphatic heterocycles. The molecule has 2 aromatic heterocycles. The van der Waals surface area contributed by atoms with Gasteiger partial charge < -0.3 is 5.32 Å². The molecular weight excluding hydrogens is 362 g/mol. The lowest BCUT2D eigenvalue weighted by Crippen LogP contribution is -2.26. The third kappa shape index (κ3) is 3.07. The molecule has 2 heterocycles. The van der Waals surface area contributed by atoms with Crippen LogP contribution in [0.15, 0.2) is 36.5 Å². The quantitative estimate of drug-likeness (QED) is 0.714. The van der Waals surface area contributed by atoms with Crippen LogP contribution in [0.2, 0.25) is 0 Å². The fourth-order valence-electron chi connectivity index (χ4n) is 2.53. The molecule has 0 spiro atoms. The molecule has 1 aliphatic rings. The number of hydrogen-bond acceptors (Lipinski definition) is 6. The molecule has 1 aromatic carbocycles. The second kappa shape index (κ2) is 6.52. The first-order chi connectivity index (χ1) is 12.6. The number of carbonyl (C=O) groups excluding carboxylic acids is 1. The minimum atomic E-state index is -2.53. The molecule has 0 unspecified atom stereocenters. The van der Waals surface area contributed by atoms with Crippen LogP contribution in [0, 0.1) is 0 Å². The molecule has 1 aliphatic carbocycles. The van der Waals surface area contributed by atoms with Crippen LogP contribution in [0.25, 0.3) is 10.6 Å². The number of amides is 1. The Morgan fingerprint density at radius 2 is 2.00 bits per heavy atom. The number of nitrogens with zero attached hydrogens (tertiary/aromatic N) is 5. The molecule has 1 N–H and O–H groups in total. The van der Waals surface area contributed by atoms with Crippen LogP contribution >= 0.6 is 11.3 Å². The Balaban J connectivity index is 1.39. The summed E-state index contributed by atoms with van der Waals surface area (Å²) in [5.74, 6) is -0.488. The van der Waals surface area contributed by atoms with Crippen molar-refractivity contribution in [3.63, 3.8) is 0 Å². The van der Waals surface area contributed by atoms with Crippen molar-refractivity contribution in [1.82, 2.24) is 30.5 Å². The largest absolute Gasteiger partial charge is 0.344 e. The fraction of sp³-hybridized carbons (Fsp3) is 0.312. The van der Waals surface area contributed by atoms with Gasteiger partial charge >= 0.3 is 0 Å². The Kier molecular flexibility index (Phi) is 4.19. The van der Waals surface area contributed by atoms with E-state index in [0.717, 1.165) is 15.3 Å². The molecule has 7 nitrogen and oxygen atoms in total. The first kappa shape index (κ1) is 16.7. The van der Waals surface area contributed by atoms with Gasteiger partial charge in [-0.1, -0.05) is 46.9 Å². The predicted molar refractivity (Wildman–Crippen MR) is 89.7 cm³/mol. The first-order valence-electron chi connectivity index (χ1n) is 7.95. The van der Waals surface area contributed by atoms with E-state index in [-0.39, 0.29) is 12.2 Å². The van der Waals surface area contributed by atoms with Gasteiger partial charge in [0, 0.05) is 5.56 Å². The van der Waals surface area contributed by atoms with E-state index in [0.29, 0.717) is 17.8 Å². The lowest BCUT2D eigenvalue weighted by atomic mass is 10.2. The average Bonchev–Trinajstić information content (AvgIpc) is 3.10. The van der Waals surface area contributed by atoms with E-state index in [2.05, 4.69) is 25.8 Å². The van der Waals surface area contributed by atoms with Crippen LogP contribution in [-0.4, -0.2) is 37.5 Å². The Morgan fingerprint density at radius 1 is 1.23 bits per heavy atom. The monoisotopic (exact) mass is 376 g/mol. The molecule has 1 saturated carbocycles. The number of carbonyl (C=O) groups is 1. The predicted octanol–water partition coefficient (Wildman–Crippen LogP) is 2.48. The van der Waals surface area contributed by atoms with Gasteiger partial charge in [-0.15, -0.1) is 15.3 Å². The van der Waals surface area contributed by atoms with Crippen molar-refractivity contribution in [2.24, 2.45) is 0 Å². The summed E-state index contributed by atoms with van der Waals surface area (Å²) in [4.78, 5) is 12.2. The van der Waals surface area contributed by atoms with Gasteiger partial charge in [-0.2, -0.15) is 0 Å². The van der Waals surface area contributed by atoms with Crippen molar-refractivity contribution in [2.45, 2.75) is 31.4 Å². The van der Waals surface area contributed by atoms with Crippen molar-refractivity contribution in [1.29, 1.82) is 0 Å². The Morgan fingerprint density at radius 3 is 2.69 bits per heavy atom. The van der Waals surface area contributed by atoms with Gasteiger partial charge in [-0.3, -0.25) is 4.79 Å². The molecule has 0 radical (unpaired) electrons. The van der Waals surface area contributed by atoms with Gasteiger partial charge in [0.15, 0.2) is 5.69 Å². The molecular formula is C16H14F2N6OS. The minimum Gasteiger partial charge on any atom is -0.344 e. The standard InChI is InChI=1S/C16H14F2N6OS/c17-15(18)16(6-7-16)24-9-11(20-23-24)13(25)19-8-12-21-22-14(26-12)10-4-2-1-3-5-10/h1-5,9,15H,6-8H2,(H,19,25). The van der Waals surface area contributed by atoms with Crippen molar-refractivity contribution in [3.05, 3.63) is 47.2 Å². The van der Waals surface area contributed by atoms with Crippen molar-refractivity contribution < 1.29 is 13.6 Å². The number of halogens is 2. The van der Waals surface area contributed by atoms with Crippen LogP contribution in [0.3, 0.4) is 0 Å². The van der Waals surface area contributed by atoms with Gasteiger partial charge in [0.05, 0.1) is 12.7 Å². The third-order valence-electron chi connectivity index (χ3n) is 4.24. The van der Waals surface area contributed by atoms with E-state index >= 15 is 0 Å². The molecule has 10 heteroatoms. The lowest BCUT2D eigenvalue weighted by molar-refractivity contribution is 0.0593. The van der Waals surface area contributed by atoms with E-state index in [9.17, 15) is 13.6 Å². The van der Waals surface area contributed by atoms with E-state index in [4.69, 9.17) is 0 Å². The molecule has 26 heavy (non-hydrogen) atoms. The molecule has 134 valence electrons. The lowest BCUT2D eigenvalue weighted by Gasteiger charge is -2.12. The van der Waals surface area contributed by atoms with Crippen LogP contribution in [-0.2, 0) is 12.1 Å². The average molecular weight is 376 g/mol. The zero-order chi connectivity index (χ0) is 18.1. The second-order valence-corrected chi connectivity index (χ2v) is 7.06. The second-order valence-electron chi connectivity index (χ2n) is 6.00. The highest BCUT2D eigenvalue weighted by atomic mass is 32.1. The number of alkyl halides is 2. The maximum absolute atomic E-state index is 13.1. The molecule has 0 bridgehead atoms. The smallest absolute Gasteiger partial charge is 0.273 e. The van der Waals surface area contributed by atoms with Gasteiger partial charge in [-0.05, 0) is 12.8 Å². The number of rotatable bonds is 6. The number of aromatic nitrogens is 5. The maximum Gasteiger partial charge on any atom is 0.273 e. The number of benzene rings is 1. The van der Waals surface area contributed by atoms with E-state index in [1.165, 1.54) is 17.5 Å². The third-order valence-corrected chi connectivity index (χ3v) is 5.21. The number of nitrogens with one attached hydrogen (secondary N) is 1. The van der Waals surface area contributed by atoms with Gasteiger partial charge in [-0.25, -0.2) is 13.5 Å². The molecule has 4 rings (SSSR count). The molecule has 3 aromatic rings. The van der Waals surface area contributed by atoms with Gasteiger partial charge in [0.2, 0.25) is 0 Å². The normalized spacial score (nSPS) is 15.2. The maximum atomic E-state index is 13.1. The van der Waals surface area contributed by atoms with E-state index < -0.39 is 17.9 Å². The SMILES string of the molecule is O=C(NCc1nnc(-c2ccccc2)s1)c1cn(C2(C(F)F)CC2)nn1. The summed E-state index contributed by atoms with van der Waals surface area (Å²) in [5.41, 5.74) is -0.341. The van der Waals surface area contributed by atoms with Crippen molar-refractivity contribution in [3.8, 4) is 10.6 Å². The summed E-state index contributed by atoms with van der Waals surface area (Å²) in [6.45, 7) is 0.177. The Bertz CT molecular complexity index is 922. The summed E-state index contributed by atoms with van der Waals surface area (Å²) >= 11 is 1.37. The van der Waals surface area contributed by atoms with Gasteiger partial charge in [0.25, 0.3) is 12.3 Å². The van der Waals surface area contributed by atoms with Crippen molar-refractivity contribution >= 4 is 17.2 Å². The van der Waals surface area contributed by atoms with Crippen LogP contribution < -0.4 is 5.32 Å².